The molecule has 0 aliphatic heterocycles. The molecule has 4 heteroatoms. The molecule has 26 heavy (non-hydrogen) atoms. The van der Waals surface area contributed by atoms with Crippen LogP contribution in [0.2, 0.25) is 0 Å². The Hall–Kier alpha value is -2.98. The highest BCUT2D eigenvalue weighted by Gasteiger charge is 2.16. The summed E-state index contributed by atoms with van der Waals surface area (Å²) >= 11 is 0. The summed E-state index contributed by atoms with van der Waals surface area (Å²) in [6.45, 7) is 0.477. The van der Waals surface area contributed by atoms with E-state index in [1.807, 2.05) is 66.7 Å². The Bertz CT molecular complexity index is 829. The fourth-order valence-corrected chi connectivity index (χ4v) is 2.71. The van der Waals surface area contributed by atoms with Crippen molar-refractivity contribution in [2.45, 2.75) is 12.7 Å². The minimum atomic E-state index is -0.793. The van der Waals surface area contributed by atoms with E-state index in [-0.39, 0.29) is 0 Å². The SMILES string of the molecule is COc1ccc(C(O)c2ccc(OCc3ccccc3)cc2OC)cc1. The molecule has 0 spiro atoms. The highest BCUT2D eigenvalue weighted by Crippen LogP contribution is 2.33. The summed E-state index contributed by atoms with van der Waals surface area (Å²) in [6, 6.07) is 22.7. The number of aliphatic hydroxyl groups excluding tert-OH is 1. The van der Waals surface area contributed by atoms with Gasteiger partial charge in [0, 0.05) is 11.6 Å². The standard InChI is InChI=1S/C22H22O4/c1-24-18-10-8-17(9-11-18)22(23)20-13-12-19(14-21(20)25-2)26-15-16-6-4-3-5-7-16/h3-14,22-23H,15H2,1-2H3. The van der Waals surface area contributed by atoms with Gasteiger partial charge < -0.3 is 19.3 Å². The lowest BCUT2D eigenvalue weighted by Gasteiger charge is -2.17. The molecule has 1 atom stereocenters. The maximum Gasteiger partial charge on any atom is 0.128 e. The lowest BCUT2D eigenvalue weighted by Crippen LogP contribution is -2.03. The molecule has 0 aliphatic carbocycles. The minimum absolute atomic E-state index is 0.477. The normalized spacial score (nSPS) is 11.7. The Labute approximate surface area is 153 Å². The average molecular weight is 350 g/mol. The number of hydrogen-bond donors (Lipinski definition) is 1. The Morgan fingerprint density at radius 3 is 2.15 bits per heavy atom. The number of methoxy groups -OCH3 is 2. The molecule has 0 aromatic heterocycles. The first-order chi connectivity index (χ1) is 12.7. The van der Waals surface area contributed by atoms with Gasteiger partial charge >= 0.3 is 0 Å². The predicted molar refractivity (Wildman–Crippen MR) is 101 cm³/mol. The van der Waals surface area contributed by atoms with Crippen LogP contribution in [0, 0.1) is 0 Å². The molecular formula is C22H22O4. The van der Waals surface area contributed by atoms with Gasteiger partial charge in [-0.15, -0.1) is 0 Å². The van der Waals surface area contributed by atoms with Crippen molar-refractivity contribution >= 4 is 0 Å². The fourth-order valence-electron chi connectivity index (χ4n) is 2.71. The molecule has 0 bridgehead atoms. The third-order valence-electron chi connectivity index (χ3n) is 4.18. The van der Waals surface area contributed by atoms with Crippen LogP contribution in [-0.2, 0) is 6.61 Å². The number of benzene rings is 3. The van der Waals surface area contributed by atoms with Gasteiger partial charge in [0.2, 0.25) is 0 Å². The molecule has 0 saturated carbocycles. The number of rotatable bonds is 7. The largest absolute Gasteiger partial charge is 0.497 e. The van der Waals surface area contributed by atoms with E-state index in [0.717, 1.165) is 16.9 Å². The lowest BCUT2D eigenvalue weighted by atomic mass is 10.0. The molecular weight excluding hydrogens is 328 g/mol. The topological polar surface area (TPSA) is 47.9 Å². The van der Waals surface area contributed by atoms with Gasteiger partial charge in [0.25, 0.3) is 0 Å². The predicted octanol–water partition coefficient (Wildman–Crippen LogP) is 4.36. The molecule has 4 nitrogen and oxygen atoms in total. The maximum absolute atomic E-state index is 10.7. The highest BCUT2D eigenvalue weighted by molar-refractivity contribution is 5.45. The van der Waals surface area contributed by atoms with E-state index < -0.39 is 6.10 Å². The van der Waals surface area contributed by atoms with Crippen LogP contribution in [0.4, 0.5) is 0 Å². The summed E-state index contributed by atoms with van der Waals surface area (Å²) in [5.41, 5.74) is 2.54. The van der Waals surface area contributed by atoms with Crippen LogP contribution in [0.3, 0.4) is 0 Å². The average Bonchev–Trinajstić information content (AvgIpc) is 2.72. The molecule has 1 N–H and O–H groups in total. The molecule has 3 rings (SSSR count). The molecule has 0 aliphatic rings. The van der Waals surface area contributed by atoms with E-state index in [1.165, 1.54) is 0 Å². The van der Waals surface area contributed by atoms with Crippen LogP contribution >= 0.6 is 0 Å². The molecule has 0 saturated heterocycles. The Balaban J connectivity index is 1.77. The molecule has 0 amide bonds. The van der Waals surface area contributed by atoms with Crippen molar-refractivity contribution in [1.82, 2.24) is 0 Å². The Morgan fingerprint density at radius 1 is 0.808 bits per heavy atom. The van der Waals surface area contributed by atoms with Crippen molar-refractivity contribution in [1.29, 1.82) is 0 Å². The smallest absolute Gasteiger partial charge is 0.128 e. The van der Waals surface area contributed by atoms with Crippen LogP contribution in [0.15, 0.2) is 72.8 Å². The first-order valence-corrected chi connectivity index (χ1v) is 8.38. The van der Waals surface area contributed by atoms with Crippen molar-refractivity contribution in [3.63, 3.8) is 0 Å². The first-order valence-electron chi connectivity index (χ1n) is 8.38. The number of aliphatic hydroxyl groups is 1. The monoisotopic (exact) mass is 350 g/mol. The Kier molecular flexibility index (Phi) is 5.77. The summed E-state index contributed by atoms with van der Waals surface area (Å²) in [6.07, 6.45) is -0.793. The fraction of sp³-hybridized carbons (Fsp3) is 0.182. The van der Waals surface area contributed by atoms with Crippen molar-refractivity contribution in [3.05, 3.63) is 89.5 Å². The van der Waals surface area contributed by atoms with Gasteiger partial charge in [0.1, 0.15) is 30.0 Å². The van der Waals surface area contributed by atoms with E-state index in [4.69, 9.17) is 14.2 Å². The van der Waals surface area contributed by atoms with Crippen molar-refractivity contribution in [2.24, 2.45) is 0 Å². The lowest BCUT2D eigenvalue weighted by molar-refractivity contribution is 0.214. The first kappa shape index (κ1) is 17.8. The van der Waals surface area contributed by atoms with Gasteiger partial charge in [-0.3, -0.25) is 0 Å². The van der Waals surface area contributed by atoms with Gasteiger partial charge in [-0.2, -0.15) is 0 Å². The third-order valence-corrected chi connectivity index (χ3v) is 4.18. The van der Waals surface area contributed by atoms with E-state index >= 15 is 0 Å². The second-order valence-corrected chi connectivity index (χ2v) is 5.85. The molecule has 3 aromatic rings. The molecule has 134 valence electrons. The number of ether oxygens (including phenoxy) is 3. The van der Waals surface area contributed by atoms with Crippen LogP contribution in [0.1, 0.15) is 22.8 Å². The highest BCUT2D eigenvalue weighted by atomic mass is 16.5. The second-order valence-electron chi connectivity index (χ2n) is 5.85. The summed E-state index contributed by atoms with van der Waals surface area (Å²) in [7, 11) is 3.20. The zero-order valence-corrected chi connectivity index (χ0v) is 14.9. The Morgan fingerprint density at radius 2 is 1.50 bits per heavy atom. The van der Waals surface area contributed by atoms with Crippen LogP contribution < -0.4 is 14.2 Å². The van der Waals surface area contributed by atoms with E-state index in [1.54, 1.807) is 20.3 Å². The van der Waals surface area contributed by atoms with Crippen molar-refractivity contribution in [3.8, 4) is 17.2 Å². The molecule has 1 unspecified atom stereocenters. The van der Waals surface area contributed by atoms with Crippen LogP contribution in [0.5, 0.6) is 17.2 Å². The van der Waals surface area contributed by atoms with Gasteiger partial charge in [0.15, 0.2) is 0 Å². The van der Waals surface area contributed by atoms with Crippen molar-refractivity contribution in [2.75, 3.05) is 14.2 Å². The zero-order chi connectivity index (χ0) is 18.4. The minimum Gasteiger partial charge on any atom is -0.497 e. The summed E-state index contributed by atoms with van der Waals surface area (Å²) in [4.78, 5) is 0. The van der Waals surface area contributed by atoms with E-state index in [2.05, 4.69) is 0 Å². The molecule has 0 heterocycles. The van der Waals surface area contributed by atoms with Crippen LogP contribution in [-0.4, -0.2) is 19.3 Å². The summed E-state index contributed by atoms with van der Waals surface area (Å²) in [5, 5.41) is 10.7. The van der Waals surface area contributed by atoms with E-state index in [9.17, 15) is 5.11 Å². The third kappa shape index (κ3) is 4.16. The van der Waals surface area contributed by atoms with Gasteiger partial charge in [-0.25, -0.2) is 0 Å². The quantitative estimate of drug-likeness (QED) is 0.688. The van der Waals surface area contributed by atoms with Crippen molar-refractivity contribution < 1.29 is 19.3 Å². The number of hydrogen-bond acceptors (Lipinski definition) is 4. The van der Waals surface area contributed by atoms with Gasteiger partial charge in [0.05, 0.1) is 14.2 Å². The van der Waals surface area contributed by atoms with Crippen LogP contribution in [0.25, 0.3) is 0 Å². The molecule has 0 radical (unpaired) electrons. The molecule has 0 fully saturated rings. The summed E-state index contributed by atoms with van der Waals surface area (Å²) in [5.74, 6) is 2.02. The molecule has 3 aromatic carbocycles. The maximum atomic E-state index is 10.7. The van der Waals surface area contributed by atoms with Gasteiger partial charge in [-0.1, -0.05) is 42.5 Å². The zero-order valence-electron chi connectivity index (χ0n) is 14.9. The van der Waals surface area contributed by atoms with Gasteiger partial charge in [-0.05, 0) is 35.4 Å². The van der Waals surface area contributed by atoms with E-state index in [0.29, 0.717) is 23.7 Å². The second kappa shape index (κ2) is 8.41. The summed E-state index contributed by atoms with van der Waals surface area (Å²) < 4.78 is 16.4.